The van der Waals surface area contributed by atoms with Gasteiger partial charge in [-0.2, -0.15) is 0 Å². The van der Waals surface area contributed by atoms with Crippen molar-refractivity contribution < 1.29 is 15.0 Å². The molecular weight excluding hydrogens is 819 g/mol. The summed E-state index contributed by atoms with van der Waals surface area (Å²) in [5, 5.41) is 23.4. The first-order chi connectivity index (χ1) is 33.2. The van der Waals surface area contributed by atoms with Crippen LogP contribution in [0.25, 0.3) is 0 Å². The van der Waals surface area contributed by atoms with Gasteiger partial charge >= 0.3 is 0 Å². The van der Waals surface area contributed by atoms with Gasteiger partial charge in [0.1, 0.15) is 0 Å². The topological polar surface area (TPSA) is 69.6 Å². The zero-order chi connectivity index (χ0) is 48.5. The fourth-order valence-electron chi connectivity index (χ4n) is 9.01. The number of carbonyl (C=O) groups is 1. The summed E-state index contributed by atoms with van der Waals surface area (Å²) in [6.07, 6.45) is 83.2. The molecule has 0 saturated carbocycles. The second-order valence-corrected chi connectivity index (χ2v) is 20.0. The van der Waals surface area contributed by atoms with E-state index in [1.807, 2.05) is 0 Å². The summed E-state index contributed by atoms with van der Waals surface area (Å²) >= 11 is 0. The second-order valence-electron chi connectivity index (χ2n) is 20.0. The van der Waals surface area contributed by atoms with Crippen LogP contribution in [0.15, 0.2) is 72.9 Å². The van der Waals surface area contributed by atoms with Gasteiger partial charge < -0.3 is 15.5 Å². The third kappa shape index (κ3) is 54.6. The van der Waals surface area contributed by atoms with Crippen molar-refractivity contribution in [1.82, 2.24) is 5.32 Å². The number of rotatable bonds is 54. The predicted molar refractivity (Wildman–Crippen MR) is 299 cm³/mol. The van der Waals surface area contributed by atoms with E-state index in [9.17, 15) is 15.0 Å². The highest BCUT2D eigenvalue weighted by Crippen LogP contribution is 2.17. The quantitative estimate of drug-likeness (QED) is 0.0420. The molecule has 0 heterocycles. The number of nitrogens with one attached hydrogen (secondary N) is 1. The smallest absolute Gasteiger partial charge is 0.220 e. The molecular formula is C63H115NO3. The number of amides is 1. The van der Waals surface area contributed by atoms with Crippen LogP contribution in [0.4, 0.5) is 0 Å². The summed E-state index contributed by atoms with van der Waals surface area (Å²) in [5.74, 6) is -0.0305. The lowest BCUT2D eigenvalue weighted by Crippen LogP contribution is -2.45. The molecule has 2 atom stereocenters. The first-order valence-corrected chi connectivity index (χ1v) is 29.6. The molecule has 0 aliphatic heterocycles. The molecule has 3 N–H and O–H groups in total. The zero-order valence-electron chi connectivity index (χ0n) is 44.9. The van der Waals surface area contributed by atoms with Crippen molar-refractivity contribution in [1.29, 1.82) is 0 Å². The number of aliphatic hydroxyl groups excluding tert-OH is 2. The minimum atomic E-state index is -0.663. The molecule has 0 saturated heterocycles. The monoisotopic (exact) mass is 934 g/mol. The number of carbonyl (C=O) groups excluding carboxylic acids is 1. The van der Waals surface area contributed by atoms with Gasteiger partial charge in [0.25, 0.3) is 0 Å². The fraction of sp³-hybridized carbons (Fsp3) is 0.794. The number of aliphatic hydroxyl groups is 2. The number of hydrogen-bond acceptors (Lipinski definition) is 3. The Balaban J connectivity index is 3.48. The molecule has 0 aromatic rings. The molecule has 390 valence electrons. The Kier molecular flexibility index (Phi) is 56.3. The van der Waals surface area contributed by atoms with Gasteiger partial charge in [-0.3, -0.25) is 4.79 Å². The van der Waals surface area contributed by atoms with E-state index in [4.69, 9.17) is 0 Å². The molecule has 4 nitrogen and oxygen atoms in total. The minimum absolute atomic E-state index is 0.0305. The van der Waals surface area contributed by atoms with Crippen molar-refractivity contribution in [3.8, 4) is 0 Å². The van der Waals surface area contributed by atoms with E-state index < -0.39 is 12.1 Å². The molecule has 0 rings (SSSR count). The van der Waals surface area contributed by atoms with Crippen molar-refractivity contribution in [2.24, 2.45) is 0 Å². The average molecular weight is 935 g/mol. The molecule has 0 fully saturated rings. The Hall–Kier alpha value is -2.17. The Morgan fingerprint density at radius 2 is 0.657 bits per heavy atom. The van der Waals surface area contributed by atoms with Crippen LogP contribution in [0.3, 0.4) is 0 Å². The van der Waals surface area contributed by atoms with E-state index in [-0.39, 0.29) is 12.5 Å². The van der Waals surface area contributed by atoms with E-state index in [2.05, 4.69) is 92.1 Å². The van der Waals surface area contributed by atoms with Crippen molar-refractivity contribution in [2.75, 3.05) is 6.61 Å². The van der Waals surface area contributed by atoms with E-state index in [1.165, 1.54) is 212 Å². The van der Waals surface area contributed by atoms with Crippen LogP contribution in [0.2, 0.25) is 0 Å². The van der Waals surface area contributed by atoms with Crippen molar-refractivity contribution in [3.63, 3.8) is 0 Å². The van der Waals surface area contributed by atoms with Gasteiger partial charge in [-0.05, 0) is 64.2 Å². The van der Waals surface area contributed by atoms with Gasteiger partial charge in [-0.15, -0.1) is 0 Å². The normalized spacial score (nSPS) is 13.3. The van der Waals surface area contributed by atoms with Gasteiger partial charge in [-0.25, -0.2) is 0 Å². The summed E-state index contributed by atoms with van der Waals surface area (Å²) in [6.45, 7) is 4.27. The Bertz CT molecular complexity index is 1150. The van der Waals surface area contributed by atoms with Crippen LogP contribution in [0, 0.1) is 0 Å². The maximum Gasteiger partial charge on any atom is 0.220 e. The van der Waals surface area contributed by atoms with Gasteiger partial charge in [-0.1, -0.05) is 305 Å². The molecule has 0 spiro atoms. The molecule has 0 aliphatic carbocycles. The molecule has 0 aliphatic rings. The lowest BCUT2D eigenvalue weighted by Gasteiger charge is -2.22. The number of hydrogen-bond donors (Lipinski definition) is 3. The molecule has 67 heavy (non-hydrogen) atoms. The van der Waals surface area contributed by atoms with E-state index in [0.29, 0.717) is 12.8 Å². The second kappa shape index (κ2) is 58.1. The Morgan fingerprint density at radius 3 is 0.985 bits per heavy atom. The summed E-state index contributed by atoms with van der Waals surface area (Å²) in [4.78, 5) is 12.5. The first-order valence-electron chi connectivity index (χ1n) is 29.6. The maximum atomic E-state index is 12.5. The van der Waals surface area contributed by atoms with Crippen molar-refractivity contribution in [2.45, 2.75) is 315 Å². The third-order valence-corrected chi connectivity index (χ3v) is 13.5. The van der Waals surface area contributed by atoms with Crippen LogP contribution in [-0.4, -0.2) is 34.9 Å². The largest absolute Gasteiger partial charge is 0.394 e. The highest BCUT2D eigenvalue weighted by atomic mass is 16.3. The standard InChI is InChI=1S/C63H115NO3/c1-3-5-7-9-11-13-15-17-19-21-23-25-27-28-29-30-31-32-33-34-35-36-37-39-41-43-45-47-49-51-53-55-57-59-63(67)64-61(60-65)62(66)58-56-54-52-50-48-46-44-42-40-38-26-24-22-20-18-16-14-12-10-8-6-4-2/h5,7,11,13,17,19,23,25,28-29,31-32,61-62,65-66H,3-4,6,8-10,12,14-16,18,20-22,24,26-27,30,33-60H2,1-2H3,(H,64,67)/b7-5-,13-11-,19-17-,25-23-,29-28-,32-31-. The van der Waals surface area contributed by atoms with Gasteiger partial charge in [0.05, 0.1) is 18.8 Å². The Morgan fingerprint density at radius 1 is 0.373 bits per heavy atom. The highest BCUT2D eigenvalue weighted by molar-refractivity contribution is 5.76. The van der Waals surface area contributed by atoms with E-state index in [0.717, 1.165) is 64.2 Å². The van der Waals surface area contributed by atoms with Crippen LogP contribution in [-0.2, 0) is 4.79 Å². The van der Waals surface area contributed by atoms with Crippen LogP contribution >= 0.6 is 0 Å². The van der Waals surface area contributed by atoms with Crippen LogP contribution in [0.5, 0.6) is 0 Å². The Labute approximate surface area is 419 Å². The molecule has 4 heteroatoms. The predicted octanol–water partition coefficient (Wildman–Crippen LogP) is 19.8. The molecule has 0 aromatic heterocycles. The third-order valence-electron chi connectivity index (χ3n) is 13.5. The highest BCUT2D eigenvalue weighted by Gasteiger charge is 2.20. The van der Waals surface area contributed by atoms with Gasteiger partial charge in [0, 0.05) is 6.42 Å². The molecule has 1 amide bonds. The van der Waals surface area contributed by atoms with E-state index in [1.54, 1.807) is 0 Å². The number of allylic oxidation sites excluding steroid dienone is 12. The average Bonchev–Trinajstić information content (AvgIpc) is 3.33. The molecule has 0 radical (unpaired) electrons. The maximum absolute atomic E-state index is 12.5. The minimum Gasteiger partial charge on any atom is -0.394 e. The lowest BCUT2D eigenvalue weighted by molar-refractivity contribution is -0.123. The molecule has 2 unspecified atom stereocenters. The number of unbranched alkanes of at least 4 members (excludes halogenated alkanes) is 35. The first kappa shape index (κ1) is 64.8. The van der Waals surface area contributed by atoms with Crippen molar-refractivity contribution >= 4 is 5.91 Å². The SMILES string of the molecule is CC/C=C\C/C=C\C/C=C\C/C=C\C/C=C\C/C=C\CCCCCCCCCCCCCCCCC(=O)NC(CO)C(O)CCCCCCCCCCCCCCCCCCCCCCCC. The summed E-state index contributed by atoms with van der Waals surface area (Å²) in [5.41, 5.74) is 0. The lowest BCUT2D eigenvalue weighted by atomic mass is 10.0. The van der Waals surface area contributed by atoms with E-state index >= 15 is 0 Å². The fourth-order valence-corrected chi connectivity index (χ4v) is 9.01. The zero-order valence-corrected chi connectivity index (χ0v) is 44.9. The molecule has 0 aromatic carbocycles. The van der Waals surface area contributed by atoms with Crippen molar-refractivity contribution in [3.05, 3.63) is 72.9 Å². The van der Waals surface area contributed by atoms with Crippen LogP contribution in [0.1, 0.15) is 303 Å². The molecule has 0 bridgehead atoms. The summed E-state index contributed by atoms with van der Waals surface area (Å²) in [6, 6.07) is -0.540. The van der Waals surface area contributed by atoms with Gasteiger partial charge in [0.2, 0.25) is 5.91 Å². The van der Waals surface area contributed by atoms with Crippen LogP contribution < -0.4 is 5.32 Å². The summed E-state index contributed by atoms with van der Waals surface area (Å²) < 4.78 is 0. The summed E-state index contributed by atoms with van der Waals surface area (Å²) in [7, 11) is 0. The van der Waals surface area contributed by atoms with Gasteiger partial charge in [0.15, 0.2) is 0 Å².